The number of hydrogen-bond donors (Lipinski definition) is 1. The van der Waals surface area contributed by atoms with Gasteiger partial charge in [0.25, 0.3) is 0 Å². The van der Waals surface area contributed by atoms with Gasteiger partial charge in [0.1, 0.15) is 5.82 Å². The first-order valence-electron chi connectivity index (χ1n) is 7.05. The zero-order chi connectivity index (χ0) is 15.4. The first kappa shape index (κ1) is 16.0. The first-order valence-corrected chi connectivity index (χ1v) is 7.84. The Labute approximate surface area is 134 Å². The largest absolute Gasteiger partial charge is 0.344 e. The van der Waals surface area contributed by atoms with E-state index in [1.165, 1.54) is 17.7 Å². The molecule has 2 aromatic rings. The second-order valence-electron chi connectivity index (χ2n) is 5.03. The molecule has 0 aliphatic heterocycles. The summed E-state index contributed by atoms with van der Waals surface area (Å²) in [6.07, 6.45) is 0. The quantitative estimate of drug-likeness (QED) is 0.813. The fraction of sp³-hybridized carbons (Fsp3) is 0.294. The van der Waals surface area contributed by atoms with E-state index in [-0.39, 0.29) is 5.82 Å². The highest BCUT2D eigenvalue weighted by atomic mass is 79.9. The second kappa shape index (κ2) is 7.05. The molecule has 4 heteroatoms. The maximum atomic E-state index is 13.4. The van der Waals surface area contributed by atoms with Crippen molar-refractivity contribution < 1.29 is 4.39 Å². The van der Waals surface area contributed by atoms with Crippen LogP contribution in [0.5, 0.6) is 0 Å². The molecule has 0 radical (unpaired) electrons. The van der Waals surface area contributed by atoms with Gasteiger partial charge in [0, 0.05) is 23.2 Å². The fourth-order valence-electron chi connectivity index (χ4n) is 2.31. The molecular formula is C17H20BrFN2. The Hall–Kier alpha value is -1.39. The lowest BCUT2D eigenvalue weighted by Gasteiger charge is -2.22. The SMILES string of the molecule is CCNC(C)c1ccc(N(C)c2cccc(F)c2)c(Br)c1. The number of hydrogen-bond acceptors (Lipinski definition) is 2. The molecule has 2 rings (SSSR count). The van der Waals surface area contributed by atoms with Gasteiger partial charge in [-0.1, -0.05) is 19.1 Å². The highest BCUT2D eigenvalue weighted by Gasteiger charge is 2.11. The minimum atomic E-state index is -0.229. The van der Waals surface area contributed by atoms with E-state index in [1.807, 2.05) is 18.0 Å². The normalized spacial score (nSPS) is 12.2. The van der Waals surface area contributed by atoms with Crippen LogP contribution in [0.2, 0.25) is 0 Å². The number of benzene rings is 2. The van der Waals surface area contributed by atoms with Crippen molar-refractivity contribution in [3.63, 3.8) is 0 Å². The number of anilines is 2. The van der Waals surface area contributed by atoms with Crippen LogP contribution in [-0.2, 0) is 0 Å². The molecule has 1 atom stereocenters. The molecule has 0 spiro atoms. The lowest BCUT2D eigenvalue weighted by atomic mass is 10.1. The van der Waals surface area contributed by atoms with Crippen molar-refractivity contribution in [2.45, 2.75) is 19.9 Å². The number of rotatable bonds is 5. The molecule has 2 nitrogen and oxygen atoms in total. The van der Waals surface area contributed by atoms with Crippen LogP contribution >= 0.6 is 15.9 Å². The third-order valence-electron chi connectivity index (χ3n) is 3.54. The Bertz CT molecular complexity index is 615. The van der Waals surface area contributed by atoms with Crippen molar-refractivity contribution in [1.82, 2.24) is 5.32 Å². The minimum Gasteiger partial charge on any atom is -0.344 e. The standard InChI is InChI=1S/C17H20BrFN2/c1-4-20-12(2)13-8-9-17(16(18)10-13)21(3)15-7-5-6-14(19)11-15/h5-12,20H,4H2,1-3H3. The van der Waals surface area contributed by atoms with E-state index in [1.54, 1.807) is 6.07 Å². The lowest BCUT2D eigenvalue weighted by Crippen LogP contribution is -2.18. The number of halogens is 2. The molecule has 21 heavy (non-hydrogen) atoms. The summed E-state index contributed by atoms with van der Waals surface area (Å²) in [5, 5.41) is 3.39. The van der Waals surface area contributed by atoms with E-state index in [2.05, 4.69) is 53.3 Å². The van der Waals surface area contributed by atoms with E-state index >= 15 is 0 Å². The van der Waals surface area contributed by atoms with Crippen LogP contribution in [0.3, 0.4) is 0 Å². The molecule has 0 saturated heterocycles. The summed E-state index contributed by atoms with van der Waals surface area (Å²) in [4.78, 5) is 1.97. The van der Waals surface area contributed by atoms with Crippen molar-refractivity contribution in [2.75, 3.05) is 18.5 Å². The number of nitrogens with one attached hydrogen (secondary N) is 1. The van der Waals surface area contributed by atoms with Crippen LogP contribution < -0.4 is 10.2 Å². The molecule has 0 amide bonds. The molecule has 1 N–H and O–H groups in total. The Balaban J connectivity index is 2.28. The van der Waals surface area contributed by atoms with E-state index in [4.69, 9.17) is 0 Å². The Kier molecular flexibility index (Phi) is 5.37. The predicted molar refractivity (Wildman–Crippen MR) is 90.7 cm³/mol. The molecule has 0 aliphatic carbocycles. The van der Waals surface area contributed by atoms with Gasteiger partial charge >= 0.3 is 0 Å². The van der Waals surface area contributed by atoms with Gasteiger partial charge in [-0.25, -0.2) is 4.39 Å². The molecule has 0 heterocycles. The Morgan fingerprint density at radius 3 is 2.62 bits per heavy atom. The molecular weight excluding hydrogens is 331 g/mol. The van der Waals surface area contributed by atoms with Crippen molar-refractivity contribution >= 4 is 27.3 Å². The molecule has 0 aromatic heterocycles. The van der Waals surface area contributed by atoms with Crippen LogP contribution in [0.4, 0.5) is 15.8 Å². The second-order valence-corrected chi connectivity index (χ2v) is 5.88. The van der Waals surface area contributed by atoms with Crippen LogP contribution in [0.1, 0.15) is 25.5 Å². The van der Waals surface area contributed by atoms with E-state index < -0.39 is 0 Å². The smallest absolute Gasteiger partial charge is 0.125 e. The van der Waals surface area contributed by atoms with Crippen LogP contribution in [0.15, 0.2) is 46.9 Å². The Morgan fingerprint density at radius 1 is 1.24 bits per heavy atom. The highest BCUT2D eigenvalue weighted by molar-refractivity contribution is 9.10. The van der Waals surface area contributed by atoms with E-state index in [0.717, 1.165) is 22.4 Å². The average molecular weight is 351 g/mol. The summed E-state index contributed by atoms with van der Waals surface area (Å²) in [5.41, 5.74) is 3.05. The van der Waals surface area contributed by atoms with Gasteiger partial charge in [-0.3, -0.25) is 0 Å². The Morgan fingerprint density at radius 2 is 2.00 bits per heavy atom. The summed E-state index contributed by atoms with van der Waals surface area (Å²) in [5.74, 6) is -0.229. The fourth-order valence-corrected chi connectivity index (χ4v) is 2.97. The van der Waals surface area contributed by atoms with Gasteiger partial charge in [-0.2, -0.15) is 0 Å². The van der Waals surface area contributed by atoms with Gasteiger partial charge in [-0.05, 0) is 65.3 Å². The van der Waals surface area contributed by atoms with Crippen molar-refractivity contribution in [3.8, 4) is 0 Å². The molecule has 112 valence electrons. The van der Waals surface area contributed by atoms with Gasteiger partial charge in [0.15, 0.2) is 0 Å². The van der Waals surface area contributed by atoms with Crippen molar-refractivity contribution in [1.29, 1.82) is 0 Å². The predicted octanol–water partition coefficient (Wildman–Crippen LogP) is 5.03. The number of nitrogens with zero attached hydrogens (tertiary/aromatic N) is 1. The third-order valence-corrected chi connectivity index (χ3v) is 4.17. The molecule has 2 aromatic carbocycles. The monoisotopic (exact) mass is 350 g/mol. The summed E-state index contributed by atoms with van der Waals surface area (Å²) in [6, 6.07) is 13.2. The highest BCUT2D eigenvalue weighted by Crippen LogP contribution is 2.33. The van der Waals surface area contributed by atoms with Gasteiger partial charge in [0.05, 0.1) is 5.69 Å². The maximum absolute atomic E-state index is 13.4. The molecule has 0 aliphatic rings. The van der Waals surface area contributed by atoms with Crippen LogP contribution in [0, 0.1) is 5.82 Å². The van der Waals surface area contributed by atoms with Gasteiger partial charge in [0.2, 0.25) is 0 Å². The molecule has 0 bridgehead atoms. The van der Waals surface area contributed by atoms with Crippen molar-refractivity contribution in [3.05, 3.63) is 58.3 Å². The zero-order valence-corrected chi connectivity index (χ0v) is 14.1. The molecule has 1 unspecified atom stereocenters. The summed E-state index contributed by atoms with van der Waals surface area (Å²) in [7, 11) is 1.93. The van der Waals surface area contributed by atoms with Crippen LogP contribution in [-0.4, -0.2) is 13.6 Å². The molecule has 0 saturated carbocycles. The summed E-state index contributed by atoms with van der Waals surface area (Å²) in [6.45, 7) is 5.17. The van der Waals surface area contributed by atoms with E-state index in [9.17, 15) is 4.39 Å². The summed E-state index contributed by atoms with van der Waals surface area (Å²) < 4.78 is 14.3. The minimum absolute atomic E-state index is 0.229. The topological polar surface area (TPSA) is 15.3 Å². The summed E-state index contributed by atoms with van der Waals surface area (Å²) >= 11 is 3.62. The van der Waals surface area contributed by atoms with Gasteiger partial charge < -0.3 is 10.2 Å². The lowest BCUT2D eigenvalue weighted by molar-refractivity contribution is 0.598. The van der Waals surface area contributed by atoms with E-state index in [0.29, 0.717) is 6.04 Å². The van der Waals surface area contributed by atoms with Crippen LogP contribution in [0.25, 0.3) is 0 Å². The first-order chi connectivity index (χ1) is 10.0. The third kappa shape index (κ3) is 3.83. The van der Waals surface area contributed by atoms with Crippen molar-refractivity contribution in [2.24, 2.45) is 0 Å². The average Bonchev–Trinajstić information content (AvgIpc) is 2.46. The molecule has 0 fully saturated rings. The zero-order valence-electron chi connectivity index (χ0n) is 12.5. The maximum Gasteiger partial charge on any atom is 0.125 e. The van der Waals surface area contributed by atoms with Gasteiger partial charge in [-0.15, -0.1) is 0 Å².